The van der Waals surface area contributed by atoms with Crippen molar-refractivity contribution in [2.45, 2.75) is 20.3 Å². The lowest BCUT2D eigenvalue weighted by atomic mass is 10.1. The standard InChI is InChI=1S/C9H12FN/c1-3-7-5-9(11)8(10)4-6(7)2/h4-5H,3,11H2,1-2H3. The number of nitrogen functional groups attached to an aromatic ring is 1. The molecule has 60 valence electrons. The molecule has 1 aromatic rings. The van der Waals surface area contributed by atoms with Crippen molar-refractivity contribution in [2.75, 3.05) is 5.73 Å². The second-order valence-corrected chi connectivity index (χ2v) is 2.65. The molecule has 0 saturated carbocycles. The maximum atomic E-state index is 12.8. The summed E-state index contributed by atoms with van der Waals surface area (Å²) >= 11 is 0. The van der Waals surface area contributed by atoms with Crippen LogP contribution in [0.2, 0.25) is 0 Å². The summed E-state index contributed by atoms with van der Waals surface area (Å²) in [6, 6.07) is 3.18. The second-order valence-electron chi connectivity index (χ2n) is 2.65. The first-order valence-corrected chi connectivity index (χ1v) is 3.69. The van der Waals surface area contributed by atoms with Crippen LogP contribution in [-0.4, -0.2) is 0 Å². The number of rotatable bonds is 1. The number of anilines is 1. The quantitative estimate of drug-likeness (QED) is 0.615. The third kappa shape index (κ3) is 1.50. The Bertz CT molecular complexity index is 269. The van der Waals surface area contributed by atoms with E-state index in [4.69, 9.17) is 5.73 Å². The molecule has 0 radical (unpaired) electrons. The molecule has 0 unspecified atom stereocenters. The summed E-state index contributed by atoms with van der Waals surface area (Å²) in [5.74, 6) is -0.320. The summed E-state index contributed by atoms with van der Waals surface area (Å²) in [4.78, 5) is 0. The zero-order valence-electron chi connectivity index (χ0n) is 6.82. The Morgan fingerprint density at radius 1 is 1.45 bits per heavy atom. The van der Waals surface area contributed by atoms with Gasteiger partial charge in [0.25, 0.3) is 0 Å². The number of halogens is 1. The Morgan fingerprint density at radius 3 is 2.64 bits per heavy atom. The summed E-state index contributed by atoms with van der Waals surface area (Å²) in [6.07, 6.45) is 0.899. The highest BCUT2D eigenvalue weighted by molar-refractivity contribution is 5.45. The molecule has 0 bridgehead atoms. The molecule has 1 rings (SSSR count). The van der Waals surface area contributed by atoms with E-state index in [1.165, 1.54) is 6.07 Å². The van der Waals surface area contributed by atoms with E-state index in [-0.39, 0.29) is 11.5 Å². The van der Waals surface area contributed by atoms with Crippen molar-refractivity contribution in [1.82, 2.24) is 0 Å². The van der Waals surface area contributed by atoms with E-state index in [1.807, 2.05) is 13.8 Å². The van der Waals surface area contributed by atoms with Crippen LogP contribution >= 0.6 is 0 Å². The maximum absolute atomic E-state index is 12.8. The molecule has 0 fully saturated rings. The van der Waals surface area contributed by atoms with Crippen LogP contribution in [0.25, 0.3) is 0 Å². The third-order valence-corrected chi connectivity index (χ3v) is 1.84. The fourth-order valence-electron chi connectivity index (χ4n) is 1.12. The van der Waals surface area contributed by atoms with Crippen molar-refractivity contribution in [1.29, 1.82) is 0 Å². The van der Waals surface area contributed by atoms with Crippen LogP contribution in [0.4, 0.5) is 10.1 Å². The van der Waals surface area contributed by atoms with Crippen LogP contribution in [0.3, 0.4) is 0 Å². The van der Waals surface area contributed by atoms with Gasteiger partial charge in [-0.3, -0.25) is 0 Å². The molecule has 0 aliphatic rings. The fourth-order valence-corrected chi connectivity index (χ4v) is 1.12. The molecule has 1 aromatic carbocycles. The van der Waals surface area contributed by atoms with E-state index in [0.29, 0.717) is 0 Å². The number of hydrogen-bond acceptors (Lipinski definition) is 1. The monoisotopic (exact) mass is 153 g/mol. The largest absolute Gasteiger partial charge is 0.396 e. The molecular formula is C9H12FN. The molecule has 2 heteroatoms. The van der Waals surface area contributed by atoms with Crippen molar-refractivity contribution in [3.8, 4) is 0 Å². The Kier molecular flexibility index (Phi) is 2.13. The van der Waals surface area contributed by atoms with Gasteiger partial charge in [0.15, 0.2) is 0 Å². The molecule has 0 aliphatic heterocycles. The highest BCUT2D eigenvalue weighted by Gasteiger charge is 2.01. The van der Waals surface area contributed by atoms with Gasteiger partial charge in [0.2, 0.25) is 0 Å². The van der Waals surface area contributed by atoms with Crippen molar-refractivity contribution in [3.05, 3.63) is 29.1 Å². The SMILES string of the molecule is CCc1cc(N)c(F)cc1C. The summed E-state index contributed by atoms with van der Waals surface area (Å²) < 4.78 is 12.8. The maximum Gasteiger partial charge on any atom is 0.146 e. The highest BCUT2D eigenvalue weighted by atomic mass is 19.1. The lowest BCUT2D eigenvalue weighted by Gasteiger charge is -2.04. The fraction of sp³-hybridized carbons (Fsp3) is 0.333. The van der Waals surface area contributed by atoms with Gasteiger partial charge in [-0.05, 0) is 36.6 Å². The molecule has 0 aromatic heterocycles. The van der Waals surface area contributed by atoms with E-state index < -0.39 is 0 Å². The van der Waals surface area contributed by atoms with Crippen LogP contribution in [-0.2, 0) is 6.42 Å². The molecule has 1 nitrogen and oxygen atoms in total. The van der Waals surface area contributed by atoms with Crippen LogP contribution in [0.1, 0.15) is 18.1 Å². The normalized spacial score (nSPS) is 10.1. The number of aryl methyl sites for hydroxylation is 2. The first-order valence-electron chi connectivity index (χ1n) is 3.69. The highest BCUT2D eigenvalue weighted by Crippen LogP contribution is 2.17. The van der Waals surface area contributed by atoms with Gasteiger partial charge in [0, 0.05) is 0 Å². The topological polar surface area (TPSA) is 26.0 Å². The summed E-state index contributed by atoms with van der Waals surface area (Å²) in [5, 5.41) is 0. The summed E-state index contributed by atoms with van der Waals surface area (Å²) in [7, 11) is 0. The van der Waals surface area contributed by atoms with Crippen molar-refractivity contribution >= 4 is 5.69 Å². The van der Waals surface area contributed by atoms with Crippen LogP contribution in [0, 0.1) is 12.7 Å². The van der Waals surface area contributed by atoms with Gasteiger partial charge < -0.3 is 5.73 Å². The van der Waals surface area contributed by atoms with E-state index >= 15 is 0 Å². The van der Waals surface area contributed by atoms with Gasteiger partial charge in [-0.25, -0.2) is 4.39 Å². The van der Waals surface area contributed by atoms with Crippen molar-refractivity contribution in [2.24, 2.45) is 0 Å². The van der Waals surface area contributed by atoms with E-state index in [0.717, 1.165) is 17.5 Å². The van der Waals surface area contributed by atoms with Gasteiger partial charge in [0.05, 0.1) is 5.69 Å². The predicted octanol–water partition coefficient (Wildman–Crippen LogP) is 2.28. The number of hydrogen-bond donors (Lipinski definition) is 1. The first-order chi connectivity index (χ1) is 5.15. The average Bonchev–Trinajstić information content (AvgIpc) is 1.97. The van der Waals surface area contributed by atoms with Crippen LogP contribution in [0.5, 0.6) is 0 Å². The zero-order valence-corrected chi connectivity index (χ0v) is 6.82. The Balaban J connectivity index is 3.21. The molecule has 11 heavy (non-hydrogen) atoms. The van der Waals surface area contributed by atoms with Crippen molar-refractivity contribution < 1.29 is 4.39 Å². The smallest absolute Gasteiger partial charge is 0.146 e. The molecule has 0 saturated heterocycles. The van der Waals surface area contributed by atoms with Gasteiger partial charge >= 0.3 is 0 Å². The van der Waals surface area contributed by atoms with Crippen LogP contribution < -0.4 is 5.73 Å². The molecule has 0 aliphatic carbocycles. The Labute approximate surface area is 66.0 Å². The number of benzene rings is 1. The molecule has 0 spiro atoms. The van der Waals surface area contributed by atoms with Gasteiger partial charge in [0.1, 0.15) is 5.82 Å². The summed E-state index contributed by atoms with van der Waals surface area (Å²) in [5.41, 5.74) is 7.72. The van der Waals surface area contributed by atoms with Gasteiger partial charge in [-0.2, -0.15) is 0 Å². The second kappa shape index (κ2) is 2.91. The minimum Gasteiger partial charge on any atom is -0.396 e. The van der Waals surface area contributed by atoms with Gasteiger partial charge in [-0.15, -0.1) is 0 Å². The minimum atomic E-state index is -0.320. The molecule has 2 N–H and O–H groups in total. The lowest BCUT2D eigenvalue weighted by Crippen LogP contribution is -1.95. The summed E-state index contributed by atoms with van der Waals surface area (Å²) in [6.45, 7) is 3.92. The van der Waals surface area contributed by atoms with E-state index in [1.54, 1.807) is 6.07 Å². The zero-order chi connectivity index (χ0) is 8.43. The lowest BCUT2D eigenvalue weighted by molar-refractivity contribution is 0.630. The first kappa shape index (κ1) is 8.05. The van der Waals surface area contributed by atoms with E-state index in [9.17, 15) is 4.39 Å². The van der Waals surface area contributed by atoms with Crippen LogP contribution in [0.15, 0.2) is 12.1 Å². The average molecular weight is 153 g/mol. The predicted molar refractivity (Wildman–Crippen MR) is 44.9 cm³/mol. The molecule has 0 heterocycles. The number of nitrogens with two attached hydrogens (primary N) is 1. The minimum absolute atomic E-state index is 0.243. The van der Waals surface area contributed by atoms with E-state index in [2.05, 4.69) is 0 Å². The Hall–Kier alpha value is -1.05. The van der Waals surface area contributed by atoms with Crippen molar-refractivity contribution in [3.63, 3.8) is 0 Å². The Morgan fingerprint density at radius 2 is 2.09 bits per heavy atom. The van der Waals surface area contributed by atoms with Gasteiger partial charge in [-0.1, -0.05) is 6.92 Å². The molecule has 0 amide bonds. The third-order valence-electron chi connectivity index (χ3n) is 1.84. The molecule has 0 atom stereocenters. The molecular weight excluding hydrogens is 141 g/mol.